The molecule has 0 bridgehead atoms. The molecule has 2 aliphatic carbocycles. The minimum atomic E-state index is -0.184. The molecule has 1 aromatic carbocycles. The summed E-state index contributed by atoms with van der Waals surface area (Å²) in [5.41, 5.74) is 1.43. The molecule has 126 valence electrons. The molecule has 0 aliphatic heterocycles. The quantitative estimate of drug-likeness (QED) is 0.844. The number of hydrogen-bond donors (Lipinski definition) is 2. The average molecular weight is 315 g/mol. The number of aliphatic hydroxyl groups excluding tert-OH is 1. The molecule has 2 saturated carbocycles. The first-order chi connectivity index (χ1) is 11.2. The van der Waals surface area contributed by atoms with Gasteiger partial charge < -0.3 is 10.4 Å². The van der Waals surface area contributed by atoms with Crippen molar-refractivity contribution in [1.82, 2.24) is 5.32 Å². The van der Waals surface area contributed by atoms with E-state index in [0.717, 1.165) is 44.4 Å². The summed E-state index contributed by atoms with van der Waals surface area (Å²) in [4.78, 5) is 12.2. The van der Waals surface area contributed by atoms with Crippen molar-refractivity contribution >= 4 is 5.91 Å². The fraction of sp³-hybridized carbons (Fsp3) is 0.650. The molecule has 0 saturated heterocycles. The number of aryl methyl sites for hydroxylation is 1. The number of carbonyl (C=O) groups is 1. The van der Waals surface area contributed by atoms with E-state index in [9.17, 15) is 9.90 Å². The van der Waals surface area contributed by atoms with Crippen molar-refractivity contribution in [3.63, 3.8) is 0 Å². The van der Waals surface area contributed by atoms with Crippen LogP contribution in [0.1, 0.15) is 56.9 Å². The van der Waals surface area contributed by atoms with Crippen LogP contribution in [0.25, 0.3) is 0 Å². The van der Waals surface area contributed by atoms with Gasteiger partial charge in [-0.15, -0.1) is 0 Å². The van der Waals surface area contributed by atoms with Crippen LogP contribution in [0, 0.1) is 11.8 Å². The lowest BCUT2D eigenvalue weighted by Crippen LogP contribution is -2.47. The second-order valence-electron chi connectivity index (χ2n) is 7.43. The zero-order chi connectivity index (χ0) is 16.1. The summed E-state index contributed by atoms with van der Waals surface area (Å²) in [5.74, 6) is 1.15. The Morgan fingerprint density at radius 1 is 1.09 bits per heavy atom. The van der Waals surface area contributed by atoms with E-state index in [2.05, 4.69) is 35.6 Å². The van der Waals surface area contributed by atoms with E-state index in [4.69, 9.17) is 0 Å². The summed E-state index contributed by atoms with van der Waals surface area (Å²) < 4.78 is 0. The van der Waals surface area contributed by atoms with Crippen LogP contribution in [-0.2, 0) is 11.2 Å². The lowest BCUT2D eigenvalue weighted by molar-refractivity contribution is -0.128. The average Bonchev–Trinajstić information content (AvgIpc) is 2.54. The third kappa shape index (κ3) is 4.81. The molecule has 0 radical (unpaired) electrons. The van der Waals surface area contributed by atoms with Crippen molar-refractivity contribution in [1.29, 1.82) is 0 Å². The van der Waals surface area contributed by atoms with E-state index in [1.54, 1.807) is 0 Å². The minimum Gasteiger partial charge on any atom is -0.393 e. The molecule has 0 aromatic heterocycles. The normalized spacial score (nSPS) is 30.5. The largest absolute Gasteiger partial charge is 0.393 e. The Hall–Kier alpha value is -1.35. The second-order valence-corrected chi connectivity index (χ2v) is 7.43. The van der Waals surface area contributed by atoms with Gasteiger partial charge in [0.2, 0.25) is 5.91 Å². The Morgan fingerprint density at radius 3 is 2.48 bits per heavy atom. The van der Waals surface area contributed by atoms with E-state index < -0.39 is 0 Å². The standard InChI is InChI=1S/C20H29NO2/c22-19-11-9-17(10-12-19)20(23)21-18-13-16(14-18)8-4-7-15-5-2-1-3-6-15/h1-3,5-6,16-19,22H,4,7-14H2,(H,21,23)/t16?,17-,18?,19-. The smallest absolute Gasteiger partial charge is 0.223 e. The van der Waals surface area contributed by atoms with E-state index in [0.29, 0.717) is 6.04 Å². The van der Waals surface area contributed by atoms with Gasteiger partial charge in [0.25, 0.3) is 0 Å². The van der Waals surface area contributed by atoms with Gasteiger partial charge in [0.1, 0.15) is 0 Å². The van der Waals surface area contributed by atoms with Gasteiger partial charge in [-0.05, 0) is 69.3 Å². The van der Waals surface area contributed by atoms with Gasteiger partial charge in [-0.3, -0.25) is 4.79 Å². The predicted molar refractivity (Wildman–Crippen MR) is 92.0 cm³/mol. The number of nitrogens with one attached hydrogen (secondary N) is 1. The van der Waals surface area contributed by atoms with Gasteiger partial charge >= 0.3 is 0 Å². The van der Waals surface area contributed by atoms with Crippen molar-refractivity contribution in [3.8, 4) is 0 Å². The van der Waals surface area contributed by atoms with Crippen LogP contribution in [-0.4, -0.2) is 23.2 Å². The fourth-order valence-corrected chi connectivity index (χ4v) is 3.99. The first kappa shape index (κ1) is 16.5. The molecular formula is C20H29NO2. The fourth-order valence-electron chi connectivity index (χ4n) is 3.99. The highest BCUT2D eigenvalue weighted by molar-refractivity contribution is 5.79. The second kappa shape index (κ2) is 7.96. The summed E-state index contributed by atoms with van der Waals surface area (Å²) in [7, 11) is 0. The van der Waals surface area contributed by atoms with Gasteiger partial charge in [0.05, 0.1) is 6.10 Å². The summed E-state index contributed by atoms with van der Waals surface area (Å²) in [6, 6.07) is 11.1. The number of rotatable bonds is 6. The first-order valence-corrected chi connectivity index (χ1v) is 9.23. The molecule has 2 fully saturated rings. The number of amides is 1. The Labute approximate surface area is 139 Å². The minimum absolute atomic E-state index is 0.135. The Morgan fingerprint density at radius 2 is 1.78 bits per heavy atom. The molecule has 0 heterocycles. The molecule has 3 heteroatoms. The Balaban J connectivity index is 1.28. The third-order valence-electron chi connectivity index (χ3n) is 5.57. The molecule has 0 atom stereocenters. The topological polar surface area (TPSA) is 49.3 Å². The summed E-state index contributed by atoms with van der Waals surface area (Å²) in [6.45, 7) is 0. The lowest BCUT2D eigenvalue weighted by atomic mass is 9.76. The van der Waals surface area contributed by atoms with Gasteiger partial charge in [-0.2, -0.15) is 0 Å². The van der Waals surface area contributed by atoms with E-state index in [1.165, 1.54) is 24.8 Å². The maximum atomic E-state index is 12.2. The molecule has 3 rings (SSSR count). The zero-order valence-electron chi connectivity index (χ0n) is 13.9. The van der Waals surface area contributed by atoms with Gasteiger partial charge in [0.15, 0.2) is 0 Å². The molecule has 2 aliphatic rings. The summed E-state index contributed by atoms with van der Waals surface area (Å²) in [6.07, 6.45) is 9.06. The lowest BCUT2D eigenvalue weighted by Gasteiger charge is -2.37. The third-order valence-corrected chi connectivity index (χ3v) is 5.57. The van der Waals surface area contributed by atoms with Crippen molar-refractivity contribution in [3.05, 3.63) is 35.9 Å². The molecular weight excluding hydrogens is 286 g/mol. The number of carbonyl (C=O) groups excluding carboxylic acids is 1. The Bertz CT molecular complexity index is 488. The van der Waals surface area contributed by atoms with Gasteiger partial charge in [0, 0.05) is 12.0 Å². The maximum Gasteiger partial charge on any atom is 0.223 e. The highest BCUT2D eigenvalue weighted by atomic mass is 16.3. The molecule has 1 amide bonds. The molecule has 23 heavy (non-hydrogen) atoms. The van der Waals surface area contributed by atoms with E-state index >= 15 is 0 Å². The van der Waals surface area contributed by atoms with Crippen molar-refractivity contribution in [2.24, 2.45) is 11.8 Å². The van der Waals surface area contributed by atoms with Crippen molar-refractivity contribution < 1.29 is 9.90 Å². The van der Waals surface area contributed by atoms with Crippen LogP contribution in [0.15, 0.2) is 30.3 Å². The Kier molecular flexibility index (Phi) is 5.71. The van der Waals surface area contributed by atoms with Crippen molar-refractivity contribution in [2.75, 3.05) is 0 Å². The highest BCUT2D eigenvalue weighted by Gasteiger charge is 2.32. The molecule has 1 aromatic rings. The monoisotopic (exact) mass is 315 g/mol. The zero-order valence-corrected chi connectivity index (χ0v) is 13.9. The molecule has 0 unspecified atom stereocenters. The predicted octanol–water partition coefficient (Wildman–Crippen LogP) is 3.46. The highest BCUT2D eigenvalue weighted by Crippen LogP contribution is 2.33. The molecule has 3 nitrogen and oxygen atoms in total. The van der Waals surface area contributed by atoms with Crippen LogP contribution >= 0.6 is 0 Å². The van der Waals surface area contributed by atoms with Crippen LogP contribution in [0.2, 0.25) is 0 Å². The molecule has 0 spiro atoms. The number of aliphatic hydroxyl groups is 1. The summed E-state index contributed by atoms with van der Waals surface area (Å²) in [5, 5.41) is 12.7. The van der Waals surface area contributed by atoms with Gasteiger partial charge in [-0.25, -0.2) is 0 Å². The van der Waals surface area contributed by atoms with Crippen LogP contribution in [0.3, 0.4) is 0 Å². The summed E-state index contributed by atoms with van der Waals surface area (Å²) >= 11 is 0. The van der Waals surface area contributed by atoms with Gasteiger partial charge in [-0.1, -0.05) is 30.3 Å². The SMILES string of the molecule is O=C(NC1CC(CCCc2ccccc2)C1)[C@H]1CC[C@H](O)CC1. The van der Waals surface area contributed by atoms with Crippen LogP contribution < -0.4 is 5.32 Å². The first-order valence-electron chi connectivity index (χ1n) is 9.23. The van der Waals surface area contributed by atoms with Crippen LogP contribution in [0.5, 0.6) is 0 Å². The van der Waals surface area contributed by atoms with Crippen molar-refractivity contribution in [2.45, 2.75) is 69.9 Å². The number of hydrogen-bond acceptors (Lipinski definition) is 2. The van der Waals surface area contributed by atoms with E-state index in [-0.39, 0.29) is 17.9 Å². The van der Waals surface area contributed by atoms with Crippen LogP contribution in [0.4, 0.5) is 0 Å². The molecule has 2 N–H and O–H groups in total. The maximum absolute atomic E-state index is 12.2. The van der Waals surface area contributed by atoms with E-state index in [1.807, 2.05) is 0 Å². The number of benzene rings is 1.